The van der Waals surface area contributed by atoms with Crippen molar-refractivity contribution in [1.29, 1.82) is 0 Å². The molecule has 15 heavy (non-hydrogen) atoms. The average molecular weight is 210 g/mol. The van der Waals surface area contributed by atoms with E-state index in [0.717, 1.165) is 11.8 Å². The zero-order valence-electron chi connectivity index (χ0n) is 10.2. The first-order chi connectivity index (χ1) is 7.24. The maximum Gasteiger partial charge on any atom is 0.224 e. The predicted octanol–water partition coefficient (Wildman–Crippen LogP) is 2.54. The van der Waals surface area contributed by atoms with Gasteiger partial charge >= 0.3 is 0 Å². The Bertz CT molecular complexity index is 287. The van der Waals surface area contributed by atoms with E-state index in [1.807, 2.05) is 14.1 Å². The second kappa shape index (κ2) is 5.73. The third-order valence-corrected chi connectivity index (χ3v) is 2.77. The molecule has 0 unspecified atom stereocenters. The third-order valence-electron chi connectivity index (χ3n) is 2.77. The lowest BCUT2D eigenvalue weighted by atomic mass is 9.97. The van der Waals surface area contributed by atoms with E-state index in [1.54, 1.807) is 0 Å². The first-order valence-corrected chi connectivity index (χ1v) is 5.81. The normalized spacial score (nSPS) is 11.0. The van der Waals surface area contributed by atoms with Gasteiger partial charge in [-0.05, 0) is 12.8 Å². The third kappa shape index (κ3) is 2.70. The highest BCUT2D eigenvalue weighted by Gasteiger charge is 2.17. The zero-order chi connectivity index (χ0) is 11.3. The summed E-state index contributed by atoms with van der Waals surface area (Å²) in [4.78, 5) is 0. The predicted molar refractivity (Wildman–Crippen MR) is 63.1 cm³/mol. The van der Waals surface area contributed by atoms with Crippen molar-refractivity contribution in [2.45, 2.75) is 45.4 Å². The number of nitrogens with zero attached hydrogens (tertiary/aromatic N) is 3. The summed E-state index contributed by atoms with van der Waals surface area (Å²) in [5.41, 5.74) is 0. The van der Waals surface area contributed by atoms with Crippen LogP contribution in [0.15, 0.2) is 0 Å². The number of aromatic nitrogens is 3. The van der Waals surface area contributed by atoms with Gasteiger partial charge in [0.25, 0.3) is 0 Å². The first-order valence-electron chi connectivity index (χ1n) is 5.81. The molecule has 0 amide bonds. The molecule has 0 radical (unpaired) electrons. The Balaban J connectivity index is 2.84. The lowest BCUT2D eigenvalue weighted by molar-refractivity contribution is 0.518. The maximum absolute atomic E-state index is 4.27. The van der Waals surface area contributed by atoms with E-state index in [2.05, 4.69) is 33.9 Å². The summed E-state index contributed by atoms with van der Waals surface area (Å²) in [6.45, 7) is 4.44. The van der Waals surface area contributed by atoms with Crippen LogP contribution < -0.4 is 5.32 Å². The molecule has 1 rings (SSSR count). The van der Waals surface area contributed by atoms with Gasteiger partial charge in [-0.25, -0.2) is 0 Å². The Labute approximate surface area is 92.1 Å². The van der Waals surface area contributed by atoms with Crippen molar-refractivity contribution >= 4 is 5.95 Å². The van der Waals surface area contributed by atoms with Gasteiger partial charge in [-0.15, -0.1) is 10.2 Å². The Hall–Kier alpha value is -1.06. The number of hydrogen-bond donors (Lipinski definition) is 1. The molecule has 0 aliphatic carbocycles. The van der Waals surface area contributed by atoms with E-state index < -0.39 is 0 Å². The van der Waals surface area contributed by atoms with Gasteiger partial charge in [-0.2, -0.15) is 0 Å². The molecule has 0 atom stereocenters. The molecule has 0 saturated carbocycles. The fourth-order valence-corrected chi connectivity index (χ4v) is 2.01. The van der Waals surface area contributed by atoms with Gasteiger partial charge in [0.05, 0.1) is 0 Å². The van der Waals surface area contributed by atoms with E-state index in [-0.39, 0.29) is 0 Å². The summed E-state index contributed by atoms with van der Waals surface area (Å²) in [7, 11) is 3.90. The first kappa shape index (κ1) is 12.0. The van der Waals surface area contributed by atoms with Crippen molar-refractivity contribution < 1.29 is 0 Å². The van der Waals surface area contributed by atoms with E-state index in [4.69, 9.17) is 0 Å². The summed E-state index contributed by atoms with van der Waals surface area (Å²) < 4.78 is 2.07. The van der Waals surface area contributed by atoms with Crippen molar-refractivity contribution in [2.75, 3.05) is 12.4 Å². The van der Waals surface area contributed by atoms with Crippen molar-refractivity contribution in [3.05, 3.63) is 5.82 Å². The molecule has 0 aliphatic heterocycles. The molecule has 1 aromatic rings. The van der Waals surface area contributed by atoms with E-state index in [1.165, 1.54) is 25.7 Å². The quantitative estimate of drug-likeness (QED) is 0.784. The average Bonchev–Trinajstić information content (AvgIpc) is 2.59. The van der Waals surface area contributed by atoms with Crippen LogP contribution in [0.3, 0.4) is 0 Å². The minimum Gasteiger partial charge on any atom is -0.357 e. The van der Waals surface area contributed by atoms with E-state index >= 15 is 0 Å². The number of rotatable bonds is 6. The van der Waals surface area contributed by atoms with Gasteiger partial charge in [0, 0.05) is 20.0 Å². The van der Waals surface area contributed by atoms with Gasteiger partial charge in [0.1, 0.15) is 5.82 Å². The number of hydrogen-bond acceptors (Lipinski definition) is 3. The Morgan fingerprint density at radius 1 is 1.20 bits per heavy atom. The number of nitrogens with one attached hydrogen (secondary N) is 1. The fourth-order valence-electron chi connectivity index (χ4n) is 2.01. The lowest BCUT2D eigenvalue weighted by Gasteiger charge is -2.14. The monoisotopic (exact) mass is 210 g/mol. The zero-order valence-corrected chi connectivity index (χ0v) is 10.2. The lowest BCUT2D eigenvalue weighted by Crippen LogP contribution is -2.08. The minimum absolute atomic E-state index is 0.555. The van der Waals surface area contributed by atoms with Gasteiger partial charge in [0.15, 0.2) is 0 Å². The van der Waals surface area contributed by atoms with Gasteiger partial charge < -0.3 is 9.88 Å². The summed E-state index contributed by atoms with van der Waals surface area (Å²) in [5.74, 6) is 2.52. The molecule has 1 heterocycles. The molecule has 4 heteroatoms. The maximum atomic E-state index is 4.27. The summed E-state index contributed by atoms with van der Waals surface area (Å²) in [6, 6.07) is 0. The summed E-state index contributed by atoms with van der Waals surface area (Å²) >= 11 is 0. The minimum atomic E-state index is 0.555. The van der Waals surface area contributed by atoms with Crippen molar-refractivity contribution in [1.82, 2.24) is 14.8 Å². The van der Waals surface area contributed by atoms with Gasteiger partial charge in [-0.1, -0.05) is 26.7 Å². The molecular formula is C11H22N4. The van der Waals surface area contributed by atoms with Crippen LogP contribution in [0.1, 0.15) is 51.3 Å². The fraction of sp³-hybridized carbons (Fsp3) is 0.818. The van der Waals surface area contributed by atoms with E-state index in [0.29, 0.717) is 5.92 Å². The molecule has 0 saturated heterocycles. The molecular weight excluding hydrogens is 188 g/mol. The second-order valence-corrected chi connectivity index (χ2v) is 3.97. The summed E-state index contributed by atoms with van der Waals surface area (Å²) in [5, 5.41) is 11.4. The molecule has 4 nitrogen and oxygen atoms in total. The topological polar surface area (TPSA) is 42.7 Å². The molecule has 0 bridgehead atoms. The van der Waals surface area contributed by atoms with Crippen LogP contribution >= 0.6 is 0 Å². The van der Waals surface area contributed by atoms with Crippen molar-refractivity contribution in [3.63, 3.8) is 0 Å². The molecule has 1 N–H and O–H groups in total. The highest BCUT2D eigenvalue weighted by molar-refractivity contribution is 5.24. The van der Waals surface area contributed by atoms with E-state index in [9.17, 15) is 0 Å². The largest absolute Gasteiger partial charge is 0.357 e. The molecule has 0 aromatic carbocycles. The van der Waals surface area contributed by atoms with Crippen LogP contribution in [0.5, 0.6) is 0 Å². The SMILES string of the molecule is CCCC(CCC)c1nnc(NC)n1C. The smallest absolute Gasteiger partial charge is 0.224 e. The highest BCUT2D eigenvalue weighted by atomic mass is 15.3. The Morgan fingerprint density at radius 2 is 1.80 bits per heavy atom. The van der Waals surface area contributed by atoms with Crippen LogP contribution in [-0.2, 0) is 7.05 Å². The molecule has 0 aliphatic rings. The van der Waals surface area contributed by atoms with Crippen LogP contribution in [0, 0.1) is 0 Å². The second-order valence-electron chi connectivity index (χ2n) is 3.97. The molecule has 86 valence electrons. The highest BCUT2D eigenvalue weighted by Crippen LogP contribution is 2.25. The Kier molecular flexibility index (Phi) is 4.59. The number of anilines is 1. The van der Waals surface area contributed by atoms with Crippen molar-refractivity contribution in [2.24, 2.45) is 7.05 Å². The van der Waals surface area contributed by atoms with Gasteiger partial charge in [0.2, 0.25) is 5.95 Å². The Morgan fingerprint density at radius 3 is 2.20 bits per heavy atom. The summed E-state index contributed by atoms with van der Waals surface area (Å²) in [6.07, 6.45) is 4.80. The van der Waals surface area contributed by atoms with Crippen molar-refractivity contribution in [3.8, 4) is 0 Å². The molecule has 0 fully saturated rings. The van der Waals surface area contributed by atoms with Crippen LogP contribution in [0.25, 0.3) is 0 Å². The standard InChI is InChI=1S/C11H22N4/c1-5-7-9(8-6-2)10-13-14-11(12-3)15(10)4/h9H,5-8H2,1-4H3,(H,12,14). The van der Waals surface area contributed by atoms with Crippen LogP contribution in [0.2, 0.25) is 0 Å². The van der Waals surface area contributed by atoms with Crippen LogP contribution in [0.4, 0.5) is 5.95 Å². The van der Waals surface area contributed by atoms with Gasteiger partial charge in [-0.3, -0.25) is 0 Å². The molecule has 0 spiro atoms. The van der Waals surface area contributed by atoms with Crippen LogP contribution in [-0.4, -0.2) is 21.8 Å². The molecule has 1 aromatic heterocycles.